The lowest BCUT2D eigenvalue weighted by atomic mass is 10.1. The highest BCUT2D eigenvalue weighted by molar-refractivity contribution is 5.99. The first kappa shape index (κ1) is 18.2. The molecule has 0 bridgehead atoms. The quantitative estimate of drug-likeness (QED) is 0.522. The largest absolute Gasteiger partial charge is 0.492 e. The highest BCUT2D eigenvalue weighted by atomic mass is 16.5. The summed E-state index contributed by atoms with van der Waals surface area (Å²) in [5, 5.41) is 3.98. The molecule has 0 aliphatic heterocycles. The molecule has 1 aromatic carbocycles. The van der Waals surface area contributed by atoms with Crippen LogP contribution in [0.5, 0.6) is 5.75 Å². The van der Waals surface area contributed by atoms with E-state index in [0.29, 0.717) is 29.1 Å². The third-order valence-corrected chi connectivity index (χ3v) is 3.32. The molecule has 5 N–H and O–H groups in total. The second-order valence-electron chi connectivity index (χ2n) is 5.18. The standard InChI is InChI=1S/C17H20N4O4/c1-10(22)21-14(17(23)24-2)8-12-7-11-3-5-20-16(19)13(11)9-15(12)25-6-4-18/h3,5,7-9H,4,6,18H2,1-2H3,(H2,19,20)(H,21,22). The molecule has 0 atom stereocenters. The predicted octanol–water partition coefficient (Wildman–Crippen LogP) is 0.804. The summed E-state index contributed by atoms with van der Waals surface area (Å²) in [6.45, 7) is 1.90. The maximum absolute atomic E-state index is 11.9. The third kappa shape index (κ3) is 4.45. The molecule has 8 heteroatoms. The van der Waals surface area contributed by atoms with E-state index < -0.39 is 11.9 Å². The molecule has 0 spiro atoms. The molecule has 1 heterocycles. The van der Waals surface area contributed by atoms with Gasteiger partial charge in [0.1, 0.15) is 23.9 Å². The van der Waals surface area contributed by atoms with Crippen molar-refractivity contribution in [1.29, 1.82) is 0 Å². The number of benzene rings is 1. The number of esters is 1. The number of nitrogen functional groups attached to an aromatic ring is 1. The highest BCUT2D eigenvalue weighted by Gasteiger charge is 2.14. The van der Waals surface area contributed by atoms with Gasteiger partial charge in [-0.05, 0) is 29.7 Å². The number of nitrogens with one attached hydrogen (secondary N) is 1. The summed E-state index contributed by atoms with van der Waals surface area (Å²) < 4.78 is 10.4. The lowest BCUT2D eigenvalue weighted by Crippen LogP contribution is -2.25. The number of carbonyl (C=O) groups is 2. The summed E-state index contributed by atoms with van der Waals surface area (Å²) in [5.41, 5.74) is 12.0. The molecule has 0 saturated heterocycles. The summed E-state index contributed by atoms with van der Waals surface area (Å²) >= 11 is 0. The Morgan fingerprint density at radius 1 is 1.36 bits per heavy atom. The SMILES string of the molecule is COC(=O)C(=Cc1cc2ccnc(N)c2cc1OCCN)NC(C)=O. The lowest BCUT2D eigenvalue weighted by molar-refractivity contribution is -0.137. The number of amides is 1. The molecule has 2 aromatic rings. The van der Waals surface area contributed by atoms with Gasteiger partial charge in [0, 0.05) is 30.6 Å². The third-order valence-electron chi connectivity index (χ3n) is 3.32. The number of ether oxygens (including phenoxy) is 2. The van der Waals surface area contributed by atoms with Crippen LogP contribution in [-0.2, 0) is 14.3 Å². The zero-order chi connectivity index (χ0) is 18.4. The van der Waals surface area contributed by atoms with Crippen molar-refractivity contribution >= 4 is 34.5 Å². The van der Waals surface area contributed by atoms with Crippen LogP contribution in [0.25, 0.3) is 16.8 Å². The average Bonchev–Trinajstić information content (AvgIpc) is 2.58. The number of nitrogens with zero attached hydrogens (tertiary/aromatic N) is 1. The van der Waals surface area contributed by atoms with Crippen molar-refractivity contribution < 1.29 is 19.1 Å². The molecular formula is C17H20N4O4. The maximum Gasteiger partial charge on any atom is 0.354 e. The van der Waals surface area contributed by atoms with Gasteiger partial charge in [0.05, 0.1) is 7.11 Å². The van der Waals surface area contributed by atoms with Gasteiger partial charge in [-0.2, -0.15) is 0 Å². The van der Waals surface area contributed by atoms with Gasteiger partial charge in [-0.1, -0.05) is 0 Å². The van der Waals surface area contributed by atoms with Crippen LogP contribution < -0.4 is 21.5 Å². The first-order chi connectivity index (χ1) is 12.0. The fourth-order valence-electron chi connectivity index (χ4n) is 2.25. The Labute approximate surface area is 144 Å². The Bertz CT molecular complexity index is 833. The Balaban J connectivity index is 2.61. The number of carbonyl (C=O) groups excluding carboxylic acids is 2. The molecule has 25 heavy (non-hydrogen) atoms. The first-order valence-electron chi connectivity index (χ1n) is 7.55. The van der Waals surface area contributed by atoms with E-state index in [2.05, 4.69) is 10.3 Å². The van der Waals surface area contributed by atoms with Crippen LogP contribution in [0.4, 0.5) is 5.82 Å². The summed E-state index contributed by atoms with van der Waals surface area (Å²) in [7, 11) is 1.23. The van der Waals surface area contributed by atoms with E-state index in [1.54, 1.807) is 24.4 Å². The number of hydrogen-bond acceptors (Lipinski definition) is 7. The molecule has 0 aliphatic rings. The summed E-state index contributed by atoms with van der Waals surface area (Å²) in [6.07, 6.45) is 3.07. The second-order valence-corrected chi connectivity index (χ2v) is 5.18. The van der Waals surface area contributed by atoms with Gasteiger partial charge < -0.3 is 26.3 Å². The van der Waals surface area contributed by atoms with E-state index in [0.717, 1.165) is 5.39 Å². The minimum atomic E-state index is -0.672. The summed E-state index contributed by atoms with van der Waals surface area (Å²) in [5.74, 6) is -0.241. The molecule has 8 nitrogen and oxygen atoms in total. The highest BCUT2D eigenvalue weighted by Crippen LogP contribution is 2.30. The normalized spacial score (nSPS) is 11.2. The number of nitrogens with two attached hydrogens (primary N) is 2. The van der Waals surface area contributed by atoms with Gasteiger partial charge >= 0.3 is 5.97 Å². The van der Waals surface area contributed by atoms with E-state index in [1.807, 2.05) is 0 Å². The molecule has 132 valence electrons. The van der Waals surface area contributed by atoms with Crippen molar-refractivity contribution in [3.63, 3.8) is 0 Å². The molecule has 0 radical (unpaired) electrons. The maximum atomic E-state index is 11.9. The van der Waals surface area contributed by atoms with Crippen LogP contribution in [0.2, 0.25) is 0 Å². The number of anilines is 1. The Hall–Kier alpha value is -3.13. The van der Waals surface area contributed by atoms with Gasteiger partial charge in [0.25, 0.3) is 0 Å². The van der Waals surface area contributed by atoms with Crippen LogP contribution in [0.3, 0.4) is 0 Å². The van der Waals surface area contributed by atoms with Crippen LogP contribution in [0.15, 0.2) is 30.1 Å². The molecule has 0 aliphatic carbocycles. The minimum Gasteiger partial charge on any atom is -0.492 e. The van der Waals surface area contributed by atoms with Crippen molar-refractivity contribution in [2.24, 2.45) is 5.73 Å². The number of fused-ring (bicyclic) bond motifs is 1. The average molecular weight is 344 g/mol. The van der Waals surface area contributed by atoms with E-state index >= 15 is 0 Å². The number of rotatable bonds is 6. The van der Waals surface area contributed by atoms with Crippen molar-refractivity contribution in [3.8, 4) is 5.75 Å². The van der Waals surface area contributed by atoms with E-state index in [9.17, 15) is 9.59 Å². The fraction of sp³-hybridized carbons (Fsp3) is 0.235. The molecular weight excluding hydrogens is 324 g/mol. The topological polar surface area (TPSA) is 130 Å². The predicted molar refractivity (Wildman–Crippen MR) is 94.5 cm³/mol. The van der Waals surface area contributed by atoms with Crippen LogP contribution in [-0.4, -0.2) is 37.1 Å². The number of aromatic nitrogens is 1. The van der Waals surface area contributed by atoms with Crippen molar-refractivity contribution in [1.82, 2.24) is 10.3 Å². The fourth-order valence-corrected chi connectivity index (χ4v) is 2.25. The zero-order valence-electron chi connectivity index (χ0n) is 14.0. The van der Waals surface area contributed by atoms with Crippen LogP contribution >= 0.6 is 0 Å². The first-order valence-corrected chi connectivity index (χ1v) is 7.55. The second kappa shape index (κ2) is 8.11. The van der Waals surface area contributed by atoms with Crippen molar-refractivity contribution in [3.05, 3.63) is 35.7 Å². The minimum absolute atomic E-state index is 0.00558. The van der Waals surface area contributed by atoms with Crippen LogP contribution in [0.1, 0.15) is 12.5 Å². The Morgan fingerprint density at radius 3 is 2.76 bits per heavy atom. The van der Waals surface area contributed by atoms with Crippen molar-refractivity contribution in [2.45, 2.75) is 6.92 Å². The van der Waals surface area contributed by atoms with Gasteiger partial charge in [0.15, 0.2) is 0 Å². The molecule has 0 saturated carbocycles. The molecule has 2 rings (SSSR count). The number of methoxy groups -OCH3 is 1. The summed E-state index contributed by atoms with van der Waals surface area (Å²) in [6, 6.07) is 5.29. The van der Waals surface area contributed by atoms with E-state index in [-0.39, 0.29) is 12.3 Å². The van der Waals surface area contributed by atoms with Gasteiger partial charge in [-0.3, -0.25) is 4.79 Å². The lowest BCUT2D eigenvalue weighted by Gasteiger charge is -2.13. The number of hydrogen-bond donors (Lipinski definition) is 3. The molecule has 1 aromatic heterocycles. The van der Waals surface area contributed by atoms with E-state index in [1.165, 1.54) is 20.1 Å². The summed E-state index contributed by atoms with van der Waals surface area (Å²) in [4.78, 5) is 27.3. The van der Waals surface area contributed by atoms with Crippen molar-refractivity contribution in [2.75, 3.05) is 26.0 Å². The Kier molecular flexibility index (Phi) is 5.91. The Morgan fingerprint density at radius 2 is 2.12 bits per heavy atom. The molecule has 0 fully saturated rings. The monoisotopic (exact) mass is 344 g/mol. The van der Waals surface area contributed by atoms with Crippen LogP contribution in [0, 0.1) is 0 Å². The van der Waals surface area contributed by atoms with Gasteiger partial charge in [-0.15, -0.1) is 0 Å². The molecule has 0 unspecified atom stereocenters. The zero-order valence-corrected chi connectivity index (χ0v) is 14.0. The molecule has 1 amide bonds. The van der Waals surface area contributed by atoms with Gasteiger partial charge in [0.2, 0.25) is 5.91 Å². The smallest absolute Gasteiger partial charge is 0.354 e. The van der Waals surface area contributed by atoms with E-state index in [4.69, 9.17) is 20.9 Å². The number of pyridine rings is 1. The van der Waals surface area contributed by atoms with Gasteiger partial charge in [-0.25, -0.2) is 9.78 Å².